The van der Waals surface area contributed by atoms with Crippen LogP contribution in [0, 0.1) is 11.7 Å². The fourth-order valence-electron chi connectivity index (χ4n) is 4.37. The number of hydrogen-bond donors (Lipinski definition) is 0. The average molecular weight is 408 g/mol. The summed E-state index contributed by atoms with van der Waals surface area (Å²) >= 11 is 0. The van der Waals surface area contributed by atoms with E-state index in [1.165, 1.54) is 17.7 Å². The highest BCUT2D eigenvalue weighted by molar-refractivity contribution is 6.06. The molecule has 4 rings (SSSR count). The molecule has 2 aromatic rings. The molecule has 2 aliphatic rings. The van der Waals surface area contributed by atoms with Crippen molar-refractivity contribution in [2.45, 2.75) is 32.7 Å². The molecule has 0 aromatic heterocycles. The number of esters is 1. The summed E-state index contributed by atoms with van der Waals surface area (Å²) in [5.41, 5.74) is 4.35. The first-order valence-electron chi connectivity index (χ1n) is 10.2. The first-order valence-corrected chi connectivity index (χ1v) is 10.2. The summed E-state index contributed by atoms with van der Waals surface area (Å²) in [6.45, 7) is 3.87. The minimum absolute atomic E-state index is 0.0216. The molecule has 156 valence electrons. The number of fused-ring (bicyclic) bond motifs is 3. The van der Waals surface area contributed by atoms with E-state index in [-0.39, 0.29) is 17.8 Å². The van der Waals surface area contributed by atoms with Crippen LogP contribution in [-0.2, 0) is 16.0 Å². The van der Waals surface area contributed by atoms with Crippen LogP contribution >= 0.6 is 0 Å². The van der Waals surface area contributed by atoms with E-state index in [0.29, 0.717) is 17.9 Å². The molecule has 0 radical (unpaired) electrons. The van der Waals surface area contributed by atoms with Crippen molar-refractivity contribution in [2.75, 3.05) is 13.7 Å². The number of hydrogen-bond acceptors (Lipinski definition) is 5. The van der Waals surface area contributed by atoms with Gasteiger partial charge >= 0.3 is 5.97 Å². The van der Waals surface area contributed by atoms with E-state index in [9.17, 15) is 9.18 Å². The summed E-state index contributed by atoms with van der Waals surface area (Å²) in [5, 5.41) is 6.66. The van der Waals surface area contributed by atoms with Crippen molar-refractivity contribution in [1.29, 1.82) is 0 Å². The quantitative estimate of drug-likeness (QED) is 0.535. The number of carbonyl (C=O) groups is 1. The van der Waals surface area contributed by atoms with Gasteiger partial charge in [-0.2, -0.15) is 5.10 Å². The Morgan fingerprint density at radius 3 is 2.83 bits per heavy atom. The van der Waals surface area contributed by atoms with Crippen molar-refractivity contribution in [3.8, 4) is 5.75 Å². The number of rotatable bonds is 5. The van der Waals surface area contributed by atoms with Gasteiger partial charge in [-0.05, 0) is 56.5 Å². The van der Waals surface area contributed by atoms with Crippen LogP contribution in [0.4, 0.5) is 4.39 Å². The Morgan fingerprint density at radius 2 is 2.10 bits per heavy atom. The zero-order valence-corrected chi connectivity index (χ0v) is 17.4. The monoisotopic (exact) mass is 408 g/mol. The minimum atomic E-state index is -0.428. The molecule has 2 unspecified atom stereocenters. The maximum absolute atomic E-state index is 14.8. The van der Waals surface area contributed by atoms with Gasteiger partial charge in [0.05, 0.1) is 25.5 Å². The van der Waals surface area contributed by atoms with Crippen molar-refractivity contribution < 1.29 is 18.7 Å². The van der Waals surface area contributed by atoms with Crippen LogP contribution < -0.4 is 4.74 Å². The predicted molar refractivity (Wildman–Crippen MR) is 113 cm³/mol. The molecule has 0 spiro atoms. The normalized spacial score (nSPS) is 20.3. The van der Waals surface area contributed by atoms with Crippen molar-refractivity contribution in [3.05, 3.63) is 76.7 Å². The fourth-order valence-corrected chi connectivity index (χ4v) is 4.37. The lowest BCUT2D eigenvalue weighted by Gasteiger charge is -2.31. The number of halogens is 1. The van der Waals surface area contributed by atoms with E-state index < -0.39 is 5.97 Å². The number of benzene rings is 2. The molecule has 0 N–H and O–H groups in total. The number of carbonyl (C=O) groups excluding carboxylic acids is 1. The fraction of sp³-hybridized carbons (Fsp3) is 0.333. The minimum Gasteiger partial charge on any atom is -0.497 e. The zero-order valence-electron chi connectivity index (χ0n) is 17.4. The van der Waals surface area contributed by atoms with Gasteiger partial charge in [-0.25, -0.2) is 9.18 Å². The van der Waals surface area contributed by atoms with E-state index in [2.05, 4.69) is 0 Å². The van der Waals surface area contributed by atoms with Gasteiger partial charge in [-0.15, -0.1) is 0 Å². The van der Waals surface area contributed by atoms with E-state index in [0.717, 1.165) is 29.9 Å². The highest BCUT2D eigenvalue weighted by Gasteiger charge is 2.43. The molecule has 2 atom stereocenters. The average Bonchev–Trinajstić information content (AvgIpc) is 3.13. The van der Waals surface area contributed by atoms with E-state index in [1.807, 2.05) is 24.3 Å². The summed E-state index contributed by atoms with van der Waals surface area (Å²) < 4.78 is 25.2. The van der Waals surface area contributed by atoms with E-state index >= 15 is 0 Å². The van der Waals surface area contributed by atoms with Gasteiger partial charge in [0, 0.05) is 28.8 Å². The van der Waals surface area contributed by atoms with Gasteiger partial charge in [-0.3, -0.25) is 5.01 Å². The first kappa shape index (κ1) is 20.1. The first-order chi connectivity index (χ1) is 14.5. The maximum Gasteiger partial charge on any atom is 0.332 e. The smallest absolute Gasteiger partial charge is 0.332 e. The lowest BCUT2D eigenvalue weighted by molar-refractivity contribution is -0.137. The zero-order chi connectivity index (χ0) is 21.3. The third kappa shape index (κ3) is 3.58. The summed E-state index contributed by atoms with van der Waals surface area (Å²) in [5.74, 6) is 0.135. The summed E-state index contributed by atoms with van der Waals surface area (Å²) in [6, 6.07) is 12.4. The van der Waals surface area contributed by atoms with Crippen molar-refractivity contribution in [3.63, 3.8) is 0 Å². The van der Waals surface area contributed by atoms with Crippen molar-refractivity contribution in [1.82, 2.24) is 5.01 Å². The molecular formula is C24H25FN2O3. The largest absolute Gasteiger partial charge is 0.497 e. The lowest BCUT2D eigenvalue weighted by Crippen LogP contribution is -2.29. The number of nitrogens with zero attached hydrogens (tertiary/aromatic N) is 2. The lowest BCUT2D eigenvalue weighted by atomic mass is 9.77. The van der Waals surface area contributed by atoms with Crippen LogP contribution in [-0.4, -0.2) is 30.4 Å². The summed E-state index contributed by atoms with van der Waals surface area (Å²) in [4.78, 5) is 12.0. The molecule has 0 bridgehead atoms. The highest BCUT2D eigenvalue weighted by Crippen LogP contribution is 2.45. The summed E-state index contributed by atoms with van der Waals surface area (Å²) in [7, 11) is 1.65. The third-order valence-electron chi connectivity index (χ3n) is 5.72. The molecule has 1 heterocycles. The molecule has 30 heavy (non-hydrogen) atoms. The van der Waals surface area contributed by atoms with Gasteiger partial charge in [0.1, 0.15) is 11.6 Å². The molecule has 0 fully saturated rings. The Labute approximate surface area is 175 Å². The number of hydrazone groups is 1. The Morgan fingerprint density at radius 1 is 1.30 bits per heavy atom. The van der Waals surface area contributed by atoms with Crippen LogP contribution in [0.15, 0.2) is 59.3 Å². The standard InChI is InChI=1S/C24H25FN2O3/c1-4-30-22(28)13-15(2)27-24(19-7-5-6-8-21(19)25)20-11-9-16-14-17(29-3)10-12-18(16)23(20)26-27/h5-8,10,12-14,20,24H,4,9,11H2,1-3H3. The van der Waals surface area contributed by atoms with Crippen LogP contribution in [0.2, 0.25) is 0 Å². The second-order valence-electron chi connectivity index (χ2n) is 7.50. The molecule has 1 aliphatic heterocycles. The third-order valence-corrected chi connectivity index (χ3v) is 5.72. The predicted octanol–water partition coefficient (Wildman–Crippen LogP) is 4.62. The van der Waals surface area contributed by atoms with Crippen molar-refractivity contribution in [2.24, 2.45) is 11.0 Å². The van der Waals surface area contributed by atoms with Crippen molar-refractivity contribution >= 4 is 11.7 Å². The number of ether oxygens (including phenoxy) is 2. The molecular weight excluding hydrogens is 383 g/mol. The van der Waals surface area contributed by atoms with E-state index in [4.69, 9.17) is 14.6 Å². The molecule has 0 saturated heterocycles. The second-order valence-corrected chi connectivity index (χ2v) is 7.50. The number of methoxy groups -OCH3 is 1. The molecule has 0 saturated carbocycles. The topological polar surface area (TPSA) is 51.1 Å². The molecule has 5 nitrogen and oxygen atoms in total. The molecule has 0 amide bonds. The SMILES string of the molecule is CCOC(=O)C=C(C)N1N=C2c3ccc(OC)cc3CCC2C1c1ccccc1F. The molecule has 1 aliphatic carbocycles. The Hall–Kier alpha value is -3.15. The van der Waals surface area contributed by atoms with Crippen LogP contribution in [0.1, 0.15) is 43.0 Å². The Balaban J connectivity index is 1.80. The van der Waals surface area contributed by atoms with Gasteiger partial charge in [0.25, 0.3) is 0 Å². The van der Waals surface area contributed by atoms with Crippen LogP contribution in [0.25, 0.3) is 0 Å². The van der Waals surface area contributed by atoms with Gasteiger partial charge in [-0.1, -0.05) is 18.2 Å². The number of aryl methyl sites for hydroxylation is 1. The van der Waals surface area contributed by atoms with Crippen LogP contribution in [0.5, 0.6) is 5.75 Å². The van der Waals surface area contributed by atoms with E-state index in [1.54, 1.807) is 38.1 Å². The van der Waals surface area contributed by atoms with Crippen LogP contribution in [0.3, 0.4) is 0 Å². The molecule has 6 heteroatoms. The number of allylic oxidation sites excluding steroid dienone is 1. The van der Waals surface area contributed by atoms with Gasteiger partial charge < -0.3 is 9.47 Å². The van der Waals surface area contributed by atoms with Gasteiger partial charge in [0.15, 0.2) is 0 Å². The Kier molecular flexibility index (Phi) is 5.57. The summed E-state index contributed by atoms with van der Waals surface area (Å²) in [6.07, 6.45) is 3.12. The van der Waals surface area contributed by atoms with Gasteiger partial charge in [0.2, 0.25) is 0 Å². The maximum atomic E-state index is 14.8. The Bertz CT molecular complexity index is 1030. The highest BCUT2D eigenvalue weighted by atomic mass is 19.1. The second kappa shape index (κ2) is 8.30. The molecule has 2 aromatic carbocycles.